The van der Waals surface area contributed by atoms with Crippen molar-refractivity contribution >= 4 is 44.8 Å². The van der Waals surface area contributed by atoms with Crippen LogP contribution in [0.15, 0.2) is 41.3 Å². The van der Waals surface area contributed by atoms with E-state index in [1.807, 2.05) is 13.0 Å². The molecule has 0 saturated heterocycles. The van der Waals surface area contributed by atoms with Gasteiger partial charge in [-0.1, -0.05) is 29.3 Å². The Balaban J connectivity index is 1.80. The van der Waals surface area contributed by atoms with Crippen LogP contribution in [0.1, 0.15) is 16.9 Å². The van der Waals surface area contributed by atoms with Gasteiger partial charge in [0.25, 0.3) is 5.91 Å². The molecular formula is C17H20ClN3O4S2. The fourth-order valence-electron chi connectivity index (χ4n) is 2.14. The van der Waals surface area contributed by atoms with Gasteiger partial charge in [-0.15, -0.1) is 11.3 Å². The fourth-order valence-corrected chi connectivity index (χ4v) is 4.36. The number of hydrazine groups is 1. The van der Waals surface area contributed by atoms with Crippen LogP contribution in [0.25, 0.3) is 0 Å². The highest BCUT2D eigenvalue weighted by molar-refractivity contribution is 7.89. The zero-order valence-electron chi connectivity index (χ0n) is 14.9. The van der Waals surface area contributed by atoms with Crippen LogP contribution in [0, 0.1) is 6.92 Å². The van der Waals surface area contributed by atoms with Crippen LogP contribution in [-0.2, 0) is 26.0 Å². The smallest absolute Gasteiger partial charge is 0.253 e. The molecule has 10 heteroatoms. The molecule has 27 heavy (non-hydrogen) atoms. The summed E-state index contributed by atoms with van der Waals surface area (Å²) in [4.78, 5) is 24.8. The minimum atomic E-state index is -3.78. The van der Waals surface area contributed by atoms with Crippen molar-refractivity contribution in [1.82, 2.24) is 15.2 Å². The summed E-state index contributed by atoms with van der Waals surface area (Å²) < 4.78 is 26.4. The Bertz CT molecular complexity index is 911. The van der Waals surface area contributed by atoms with E-state index in [0.29, 0.717) is 10.8 Å². The third-order valence-corrected chi connectivity index (χ3v) is 6.77. The van der Waals surface area contributed by atoms with E-state index in [9.17, 15) is 18.0 Å². The van der Waals surface area contributed by atoms with Crippen molar-refractivity contribution in [2.75, 3.05) is 13.6 Å². The number of thiophene rings is 1. The normalized spacial score (nSPS) is 11.4. The van der Waals surface area contributed by atoms with Gasteiger partial charge in [-0.05, 0) is 37.6 Å². The molecule has 7 nitrogen and oxygen atoms in total. The van der Waals surface area contributed by atoms with Gasteiger partial charge in [0.1, 0.15) is 0 Å². The van der Waals surface area contributed by atoms with Crippen molar-refractivity contribution in [2.24, 2.45) is 0 Å². The third-order valence-electron chi connectivity index (χ3n) is 3.66. The average molecular weight is 430 g/mol. The maximum Gasteiger partial charge on any atom is 0.253 e. The van der Waals surface area contributed by atoms with Crippen molar-refractivity contribution in [3.8, 4) is 0 Å². The molecular weight excluding hydrogens is 410 g/mol. The Morgan fingerprint density at radius 1 is 1.07 bits per heavy atom. The van der Waals surface area contributed by atoms with Gasteiger partial charge in [0.05, 0.1) is 15.8 Å². The van der Waals surface area contributed by atoms with E-state index in [1.165, 1.54) is 30.5 Å². The fraction of sp³-hybridized carbons (Fsp3) is 0.294. The zero-order valence-corrected chi connectivity index (χ0v) is 17.2. The summed E-state index contributed by atoms with van der Waals surface area (Å²) in [6.07, 6.45) is 0.676. The van der Waals surface area contributed by atoms with Crippen LogP contribution in [0.5, 0.6) is 0 Å². The average Bonchev–Trinajstić information content (AvgIpc) is 3.04. The first-order valence-corrected chi connectivity index (χ1v) is 10.7. The molecule has 0 unspecified atom stereocenters. The van der Waals surface area contributed by atoms with Crippen molar-refractivity contribution < 1.29 is 18.0 Å². The number of rotatable bonds is 7. The van der Waals surface area contributed by atoms with Gasteiger partial charge in [-0.25, -0.2) is 8.42 Å². The highest BCUT2D eigenvalue weighted by Gasteiger charge is 2.22. The van der Waals surface area contributed by atoms with Gasteiger partial charge in [0.2, 0.25) is 15.9 Å². The molecule has 0 aliphatic carbocycles. The Labute approximate surface area is 167 Å². The predicted octanol–water partition coefficient (Wildman–Crippen LogP) is 2.11. The third kappa shape index (κ3) is 6.31. The highest BCUT2D eigenvalue weighted by atomic mass is 35.5. The SMILES string of the molecule is Cc1ccc(S(=O)(=O)N(C)CC(=O)NNC(=O)CCc2ccc(Cl)s2)cc1. The Kier molecular flexibility index (Phi) is 7.37. The van der Waals surface area contributed by atoms with Gasteiger partial charge >= 0.3 is 0 Å². The minimum absolute atomic E-state index is 0.0991. The summed E-state index contributed by atoms with van der Waals surface area (Å²) in [7, 11) is -2.48. The molecule has 0 saturated carbocycles. The van der Waals surface area contributed by atoms with Gasteiger partial charge in [0.15, 0.2) is 0 Å². The molecule has 1 aromatic heterocycles. The maximum absolute atomic E-state index is 12.4. The summed E-state index contributed by atoms with van der Waals surface area (Å²) in [6, 6.07) is 9.92. The van der Waals surface area contributed by atoms with Crippen molar-refractivity contribution in [3.05, 3.63) is 51.2 Å². The number of amides is 2. The van der Waals surface area contributed by atoms with Crippen LogP contribution in [0.2, 0.25) is 4.34 Å². The number of nitrogens with one attached hydrogen (secondary N) is 2. The summed E-state index contributed by atoms with van der Waals surface area (Å²) in [6.45, 7) is 1.43. The Morgan fingerprint density at radius 2 is 1.70 bits per heavy atom. The summed E-state index contributed by atoms with van der Waals surface area (Å²) >= 11 is 7.21. The molecule has 0 atom stereocenters. The van der Waals surface area contributed by atoms with Crippen LogP contribution >= 0.6 is 22.9 Å². The van der Waals surface area contributed by atoms with Crippen molar-refractivity contribution in [3.63, 3.8) is 0 Å². The van der Waals surface area contributed by atoms with Crippen LogP contribution in [0.3, 0.4) is 0 Å². The molecule has 1 aromatic carbocycles. The topological polar surface area (TPSA) is 95.6 Å². The quantitative estimate of drug-likeness (QED) is 0.659. The maximum atomic E-state index is 12.4. The number of hydrogen-bond donors (Lipinski definition) is 2. The van der Waals surface area contributed by atoms with E-state index in [1.54, 1.807) is 18.2 Å². The molecule has 146 valence electrons. The summed E-state index contributed by atoms with van der Waals surface area (Å²) in [5.41, 5.74) is 5.43. The predicted molar refractivity (Wildman–Crippen MR) is 105 cm³/mol. The molecule has 0 bridgehead atoms. The van der Waals surface area contributed by atoms with Gasteiger partial charge in [-0.2, -0.15) is 4.31 Å². The zero-order chi connectivity index (χ0) is 20.0. The van der Waals surface area contributed by atoms with Crippen molar-refractivity contribution in [1.29, 1.82) is 0 Å². The highest BCUT2D eigenvalue weighted by Crippen LogP contribution is 2.22. The van der Waals surface area contributed by atoms with Gasteiger partial charge in [-0.3, -0.25) is 20.4 Å². The molecule has 2 aromatic rings. The van der Waals surface area contributed by atoms with Crippen LogP contribution in [0.4, 0.5) is 0 Å². The van der Waals surface area contributed by atoms with E-state index in [0.717, 1.165) is 14.7 Å². The number of sulfonamides is 1. The molecule has 0 aliphatic rings. The first kappa shape index (κ1) is 21.4. The number of carbonyl (C=O) groups is 2. The van der Waals surface area contributed by atoms with Crippen LogP contribution in [-0.4, -0.2) is 38.1 Å². The van der Waals surface area contributed by atoms with E-state index in [4.69, 9.17) is 11.6 Å². The number of likely N-dealkylation sites (N-methyl/N-ethyl adjacent to an activating group) is 1. The number of nitrogens with zero attached hydrogens (tertiary/aromatic N) is 1. The van der Waals surface area contributed by atoms with E-state index in [2.05, 4.69) is 10.9 Å². The number of hydrogen-bond acceptors (Lipinski definition) is 5. The second-order valence-corrected chi connectivity index (χ2v) is 9.72. The lowest BCUT2D eigenvalue weighted by Gasteiger charge is -2.17. The number of carbonyl (C=O) groups excluding carboxylic acids is 2. The lowest BCUT2D eigenvalue weighted by atomic mass is 10.2. The molecule has 2 rings (SSSR count). The lowest BCUT2D eigenvalue weighted by molar-refractivity contribution is -0.128. The Hall–Kier alpha value is -1.94. The second-order valence-electron chi connectivity index (χ2n) is 5.88. The summed E-state index contributed by atoms with van der Waals surface area (Å²) in [5.74, 6) is -1.02. The van der Waals surface area contributed by atoms with Gasteiger partial charge < -0.3 is 0 Å². The van der Waals surface area contributed by atoms with E-state index < -0.39 is 22.5 Å². The Morgan fingerprint density at radius 3 is 2.30 bits per heavy atom. The van der Waals surface area contributed by atoms with Crippen molar-refractivity contribution in [2.45, 2.75) is 24.7 Å². The first-order valence-electron chi connectivity index (χ1n) is 8.03. The van der Waals surface area contributed by atoms with Crippen LogP contribution < -0.4 is 10.9 Å². The number of benzene rings is 1. The molecule has 0 spiro atoms. The minimum Gasteiger partial charge on any atom is -0.273 e. The second kappa shape index (κ2) is 9.32. The molecule has 0 aliphatic heterocycles. The first-order chi connectivity index (χ1) is 12.7. The molecule has 2 N–H and O–H groups in total. The molecule has 0 radical (unpaired) electrons. The van der Waals surface area contributed by atoms with E-state index in [-0.39, 0.29) is 17.2 Å². The summed E-state index contributed by atoms with van der Waals surface area (Å²) in [5, 5.41) is 0. The van der Waals surface area contributed by atoms with E-state index >= 15 is 0 Å². The molecule has 0 fully saturated rings. The molecule has 2 amide bonds. The largest absolute Gasteiger partial charge is 0.273 e. The number of halogens is 1. The lowest BCUT2D eigenvalue weighted by Crippen LogP contribution is -2.46. The monoisotopic (exact) mass is 429 g/mol. The standard InChI is InChI=1S/C17H20ClN3O4S2/c1-12-3-7-14(8-4-12)27(24,25)21(2)11-17(23)20-19-16(22)10-6-13-5-9-15(18)26-13/h3-5,7-9H,6,10-11H2,1-2H3,(H,19,22)(H,20,23). The molecule has 1 heterocycles. The van der Waals surface area contributed by atoms with Gasteiger partial charge in [0, 0.05) is 18.3 Å². The number of aryl methyl sites for hydroxylation is 2.